The molecule has 18 heavy (non-hydrogen) atoms. The van der Waals surface area contributed by atoms with Crippen LogP contribution in [0.15, 0.2) is 6.20 Å². The number of ether oxygens (including phenoxy) is 2. The molecule has 0 radical (unpaired) electrons. The van der Waals surface area contributed by atoms with Crippen LogP contribution in [0.5, 0.6) is 5.88 Å². The number of alkyl halides is 4. The zero-order chi connectivity index (χ0) is 13.9. The van der Waals surface area contributed by atoms with Crippen LogP contribution in [0, 0.1) is 3.57 Å². The summed E-state index contributed by atoms with van der Waals surface area (Å²) in [5, 5.41) is 0.173. The quantitative estimate of drug-likeness (QED) is 0.412. The second-order valence-corrected chi connectivity index (χ2v) is 4.58. The number of carbonyl (C=O) groups excluding carboxylic acids is 1. The summed E-state index contributed by atoms with van der Waals surface area (Å²) >= 11 is 4.72. The van der Waals surface area contributed by atoms with Crippen LogP contribution < -0.4 is 4.74 Å². The van der Waals surface area contributed by atoms with Crippen LogP contribution in [0.3, 0.4) is 0 Å². The molecule has 0 atom stereocenters. The fourth-order valence-corrected chi connectivity index (χ4v) is 2.94. The van der Waals surface area contributed by atoms with E-state index < -0.39 is 18.2 Å². The maximum absolute atomic E-state index is 12.1. The summed E-state index contributed by atoms with van der Waals surface area (Å²) < 4.78 is 44.7. The molecule has 0 aromatic carbocycles. The molecule has 0 spiro atoms. The first-order valence-electron chi connectivity index (χ1n) is 4.37. The van der Waals surface area contributed by atoms with Gasteiger partial charge in [0.05, 0.1) is 16.2 Å². The smallest absolute Gasteiger partial charge is 0.465 e. The number of hydrogen-bond acceptors (Lipinski definition) is 4. The van der Waals surface area contributed by atoms with Gasteiger partial charge in [-0.2, -0.15) is 0 Å². The van der Waals surface area contributed by atoms with Crippen molar-refractivity contribution in [1.82, 2.24) is 4.98 Å². The number of esters is 1. The van der Waals surface area contributed by atoms with Gasteiger partial charge in [0, 0.05) is 11.5 Å². The van der Waals surface area contributed by atoms with Crippen LogP contribution in [0.4, 0.5) is 13.2 Å². The Morgan fingerprint density at radius 2 is 2.17 bits per heavy atom. The van der Waals surface area contributed by atoms with E-state index in [0.29, 0.717) is 5.56 Å². The lowest BCUT2D eigenvalue weighted by molar-refractivity contribution is -0.276. The summed E-state index contributed by atoms with van der Waals surface area (Å²) in [6, 6.07) is 0. The highest BCUT2D eigenvalue weighted by Gasteiger charge is 2.33. The molecule has 1 rings (SSSR count). The van der Waals surface area contributed by atoms with E-state index in [9.17, 15) is 18.0 Å². The zero-order valence-corrected chi connectivity index (χ0v) is 12.6. The largest absolute Gasteiger partial charge is 0.574 e. The van der Waals surface area contributed by atoms with Gasteiger partial charge >= 0.3 is 12.3 Å². The Balaban J connectivity index is 3.24. The molecule has 0 saturated heterocycles. The maximum atomic E-state index is 12.1. The third-order valence-electron chi connectivity index (χ3n) is 1.84. The molecule has 1 heterocycles. The molecule has 0 saturated carbocycles. The molecule has 1 aromatic heterocycles. The molecular formula is C9H6BrF3INO3. The molecule has 0 N–H and O–H groups in total. The van der Waals surface area contributed by atoms with Crippen molar-refractivity contribution in [3.8, 4) is 5.88 Å². The summed E-state index contributed by atoms with van der Waals surface area (Å²) in [6.45, 7) is 0. The topological polar surface area (TPSA) is 48.4 Å². The van der Waals surface area contributed by atoms with E-state index in [1.165, 1.54) is 7.11 Å². The third kappa shape index (κ3) is 3.70. The van der Waals surface area contributed by atoms with Crippen LogP contribution in [0.2, 0.25) is 0 Å². The summed E-state index contributed by atoms with van der Waals surface area (Å²) in [7, 11) is 1.17. The van der Waals surface area contributed by atoms with E-state index in [1.807, 2.05) is 0 Å². The first kappa shape index (κ1) is 15.5. The molecular weight excluding hydrogens is 434 g/mol. The Bertz CT molecular complexity index is 467. The number of halogens is 5. The lowest BCUT2D eigenvalue weighted by Crippen LogP contribution is -2.20. The van der Waals surface area contributed by atoms with E-state index in [2.05, 4.69) is 30.4 Å². The van der Waals surface area contributed by atoms with Crippen molar-refractivity contribution in [1.29, 1.82) is 0 Å². The van der Waals surface area contributed by atoms with Gasteiger partial charge in [-0.05, 0) is 28.2 Å². The van der Waals surface area contributed by atoms with Crippen LogP contribution in [-0.4, -0.2) is 24.4 Å². The molecule has 0 amide bonds. The van der Waals surface area contributed by atoms with Crippen LogP contribution in [0.1, 0.15) is 15.9 Å². The first-order valence-corrected chi connectivity index (χ1v) is 6.57. The fourth-order valence-electron chi connectivity index (χ4n) is 1.10. The monoisotopic (exact) mass is 439 g/mol. The molecule has 1 aromatic rings. The van der Waals surface area contributed by atoms with Crippen LogP contribution in [-0.2, 0) is 10.1 Å². The number of methoxy groups -OCH3 is 1. The highest BCUT2D eigenvalue weighted by molar-refractivity contribution is 14.1. The van der Waals surface area contributed by atoms with Gasteiger partial charge in [0.1, 0.15) is 0 Å². The Labute approximate surface area is 122 Å². The Morgan fingerprint density at radius 3 is 2.61 bits per heavy atom. The predicted octanol–water partition coefficient (Wildman–Crippen LogP) is 3.27. The lowest BCUT2D eigenvalue weighted by Gasteiger charge is -2.13. The van der Waals surface area contributed by atoms with E-state index in [0.717, 1.165) is 6.20 Å². The Hall–Kier alpha value is -0.580. The summed E-state index contributed by atoms with van der Waals surface area (Å²) in [6.07, 6.45) is -3.84. The van der Waals surface area contributed by atoms with E-state index in [-0.39, 0.29) is 14.5 Å². The average molecular weight is 440 g/mol. The minimum atomic E-state index is -4.83. The number of carbonyl (C=O) groups is 1. The maximum Gasteiger partial charge on any atom is 0.574 e. The second kappa shape index (κ2) is 6.04. The molecule has 0 bridgehead atoms. The normalized spacial score (nSPS) is 11.2. The SMILES string of the molecule is COC(=O)c1cnc(OC(F)(F)F)c(I)c1CBr. The first-order chi connectivity index (χ1) is 8.30. The minimum absolute atomic E-state index is 0.0910. The number of pyridine rings is 1. The molecule has 0 aliphatic carbocycles. The number of rotatable bonds is 3. The molecule has 9 heteroatoms. The van der Waals surface area contributed by atoms with Gasteiger partial charge in [0.2, 0.25) is 5.88 Å². The fraction of sp³-hybridized carbons (Fsp3) is 0.333. The van der Waals surface area contributed by atoms with Gasteiger partial charge in [-0.3, -0.25) is 0 Å². The number of nitrogens with zero attached hydrogens (tertiary/aromatic N) is 1. The van der Waals surface area contributed by atoms with E-state index in [4.69, 9.17) is 0 Å². The second-order valence-electron chi connectivity index (χ2n) is 2.94. The van der Waals surface area contributed by atoms with Gasteiger partial charge in [0.15, 0.2) is 0 Å². The Kier molecular flexibility index (Phi) is 5.20. The molecule has 100 valence electrons. The molecule has 0 aliphatic heterocycles. The zero-order valence-electron chi connectivity index (χ0n) is 8.85. The van der Waals surface area contributed by atoms with Crippen molar-refractivity contribution in [3.05, 3.63) is 20.9 Å². The molecule has 0 unspecified atom stereocenters. The van der Waals surface area contributed by atoms with Crippen LogP contribution >= 0.6 is 38.5 Å². The highest BCUT2D eigenvalue weighted by atomic mass is 127. The highest BCUT2D eigenvalue weighted by Crippen LogP contribution is 2.30. The van der Waals surface area contributed by atoms with Gasteiger partial charge in [-0.15, -0.1) is 13.2 Å². The van der Waals surface area contributed by atoms with Crippen molar-refractivity contribution in [2.75, 3.05) is 7.11 Å². The summed E-state index contributed by atoms with van der Waals surface area (Å²) in [5.74, 6) is -1.27. The van der Waals surface area contributed by atoms with Crippen molar-refractivity contribution in [2.45, 2.75) is 11.7 Å². The third-order valence-corrected chi connectivity index (χ3v) is 3.51. The van der Waals surface area contributed by atoms with Gasteiger partial charge < -0.3 is 9.47 Å². The van der Waals surface area contributed by atoms with Crippen LogP contribution in [0.25, 0.3) is 0 Å². The molecule has 0 aliphatic rings. The molecule has 0 fully saturated rings. The van der Waals surface area contributed by atoms with E-state index >= 15 is 0 Å². The standard InChI is InChI=1S/C9H6BrF3INO3/c1-17-8(16)5-3-15-7(18-9(11,12)13)6(14)4(5)2-10/h3H,2H2,1H3. The average Bonchev–Trinajstić information content (AvgIpc) is 2.28. The summed E-state index contributed by atoms with van der Waals surface area (Å²) in [5.41, 5.74) is 0.421. The van der Waals surface area contributed by atoms with Crippen molar-refractivity contribution in [2.24, 2.45) is 0 Å². The lowest BCUT2D eigenvalue weighted by atomic mass is 10.1. The molecule has 4 nitrogen and oxygen atoms in total. The summed E-state index contributed by atoms with van der Waals surface area (Å²) in [4.78, 5) is 14.9. The van der Waals surface area contributed by atoms with Gasteiger partial charge in [0.25, 0.3) is 0 Å². The van der Waals surface area contributed by atoms with Crippen molar-refractivity contribution < 1.29 is 27.4 Å². The number of hydrogen-bond donors (Lipinski definition) is 0. The predicted molar refractivity (Wildman–Crippen MR) is 67.6 cm³/mol. The number of aromatic nitrogens is 1. The van der Waals surface area contributed by atoms with Gasteiger partial charge in [-0.1, -0.05) is 15.9 Å². The Morgan fingerprint density at radius 1 is 1.56 bits per heavy atom. The minimum Gasteiger partial charge on any atom is -0.465 e. The van der Waals surface area contributed by atoms with Gasteiger partial charge in [-0.25, -0.2) is 9.78 Å². The van der Waals surface area contributed by atoms with Crippen molar-refractivity contribution >= 4 is 44.5 Å². The van der Waals surface area contributed by atoms with Crippen molar-refractivity contribution in [3.63, 3.8) is 0 Å². The van der Waals surface area contributed by atoms with E-state index in [1.54, 1.807) is 22.6 Å².